The minimum absolute atomic E-state index is 0.0593. The summed E-state index contributed by atoms with van der Waals surface area (Å²) in [5.41, 5.74) is -1.91. The van der Waals surface area contributed by atoms with Crippen molar-refractivity contribution in [2.24, 2.45) is 0 Å². The normalized spacial score (nSPS) is 13.4. The van der Waals surface area contributed by atoms with E-state index in [1.165, 1.54) is 32.1 Å². The summed E-state index contributed by atoms with van der Waals surface area (Å²) in [5, 5.41) is 4.01. The van der Waals surface area contributed by atoms with Gasteiger partial charge in [-0.1, -0.05) is 50.6 Å². The molecular weight excluding hydrogens is 419 g/mol. The summed E-state index contributed by atoms with van der Waals surface area (Å²) in [6.45, 7) is 11.1. The lowest BCUT2D eigenvalue weighted by molar-refractivity contribution is -0.154. The van der Waals surface area contributed by atoms with Crippen LogP contribution in [0.5, 0.6) is 0 Å². The highest BCUT2D eigenvalue weighted by molar-refractivity contribution is 7.55. The Labute approximate surface area is 187 Å². The van der Waals surface area contributed by atoms with Crippen molar-refractivity contribution in [2.75, 3.05) is 13.2 Å². The molecule has 0 saturated heterocycles. The van der Waals surface area contributed by atoms with Crippen LogP contribution in [0.25, 0.3) is 0 Å². The Morgan fingerprint density at radius 3 is 2.13 bits per heavy atom. The predicted octanol–water partition coefficient (Wildman–Crippen LogP) is 5.88. The topological polar surface area (TPSA) is 101 Å². The predicted molar refractivity (Wildman–Crippen MR) is 120 cm³/mol. The van der Waals surface area contributed by atoms with E-state index in [1.807, 2.05) is 0 Å². The number of rotatable bonds is 16. The van der Waals surface area contributed by atoms with Crippen molar-refractivity contribution in [2.45, 2.75) is 111 Å². The maximum atomic E-state index is 13.3. The van der Waals surface area contributed by atoms with Gasteiger partial charge in [0.2, 0.25) is 5.89 Å². The average Bonchev–Trinajstić information content (AvgIpc) is 3.12. The van der Waals surface area contributed by atoms with E-state index in [9.17, 15) is 9.36 Å². The summed E-state index contributed by atoms with van der Waals surface area (Å²) in [6, 6.07) is 0. The highest BCUT2D eigenvalue weighted by Gasteiger charge is 2.44. The molecule has 0 N–H and O–H groups in total. The van der Waals surface area contributed by atoms with Gasteiger partial charge in [-0.15, -0.1) is 0 Å². The third-order valence-corrected chi connectivity index (χ3v) is 6.95. The maximum absolute atomic E-state index is 13.3. The smallest absolute Gasteiger partial charge is 0.345 e. The molecule has 0 aliphatic carbocycles. The number of carbonyl (C=O) groups excluding carboxylic acids is 1. The van der Waals surface area contributed by atoms with Crippen LogP contribution in [0.4, 0.5) is 0 Å². The molecule has 0 spiro atoms. The van der Waals surface area contributed by atoms with Crippen LogP contribution in [0.1, 0.15) is 98.2 Å². The number of nitrogens with zero attached hydrogens (tertiary/aromatic N) is 2. The van der Waals surface area contributed by atoms with E-state index < -0.39 is 24.8 Å². The largest absolute Gasteiger partial charge is 0.459 e. The van der Waals surface area contributed by atoms with Gasteiger partial charge in [0.1, 0.15) is 5.60 Å². The van der Waals surface area contributed by atoms with Gasteiger partial charge in [0, 0.05) is 6.42 Å². The van der Waals surface area contributed by atoms with Gasteiger partial charge < -0.3 is 18.3 Å². The maximum Gasteiger partial charge on any atom is 0.345 e. The first kappa shape index (κ1) is 27.8. The lowest BCUT2D eigenvalue weighted by atomic mass is 10.1. The average molecular weight is 461 g/mol. The molecule has 0 aliphatic rings. The van der Waals surface area contributed by atoms with Gasteiger partial charge in [-0.2, -0.15) is 4.98 Å². The van der Waals surface area contributed by atoms with E-state index in [4.69, 9.17) is 18.3 Å². The second-order valence-electron chi connectivity index (χ2n) is 8.60. The quantitative estimate of drug-likeness (QED) is 0.171. The molecule has 1 aromatic heterocycles. The zero-order valence-electron chi connectivity index (χ0n) is 20.1. The second kappa shape index (κ2) is 14.0. The lowest BCUT2D eigenvalue weighted by Gasteiger charge is -2.27. The Kier molecular flexibility index (Phi) is 12.6. The fraction of sp³-hybridized carbons (Fsp3) is 0.864. The van der Waals surface area contributed by atoms with Crippen LogP contribution in [0, 0.1) is 0 Å². The van der Waals surface area contributed by atoms with E-state index >= 15 is 0 Å². The van der Waals surface area contributed by atoms with Gasteiger partial charge in [0.25, 0.3) is 0 Å². The van der Waals surface area contributed by atoms with E-state index in [2.05, 4.69) is 17.1 Å². The minimum Gasteiger partial charge on any atom is -0.459 e. The number of aromatic nitrogens is 2. The third-order valence-electron chi connectivity index (χ3n) is 4.56. The summed E-state index contributed by atoms with van der Waals surface area (Å²) in [7, 11) is -3.77. The molecular formula is C22H41N2O6P. The molecule has 9 heteroatoms. The van der Waals surface area contributed by atoms with Crippen LogP contribution in [0.3, 0.4) is 0 Å². The van der Waals surface area contributed by atoms with Crippen molar-refractivity contribution in [1.29, 1.82) is 0 Å². The Morgan fingerprint density at radius 1 is 1.00 bits per heavy atom. The SMILES string of the molecule is CCCCCCCCCc1noc(CC(C(=O)OC(C)(C)C)P(=O)(OCC)OCC)n1. The van der Waals surface area contributed by atoms with E-state index in [0.29, 0.717) is 12.2 Å². The van der Waals surface area contributed by atoms with Crippen molar-refractivity contribution in [1.82, 2.24) is 10.1 Å². The number of hydrogen-bond donors (Lipinski definition) is 0. The zero-order valence-corrected chi connectivity index (χ0v) is 21.0. The molecule has 0 fully saturated rings. The number of aryl methyl sites for hydroxylation is 1. The fourth-order valence-corrected chi connectivity index (χ4v) is 5.00. The van der Waals surface area contributed by atoms with Crippen molar-refractivity contribution < 1.29 is 27.7 Å². The van der Waals surface area contributed by atoms with Crippen molar-refractivity contribution in [3.63, 3.8) is 0 Å². The number of esters is 1. The van der Waals surface area contributed by atoms with Crippen LogP contribution in [0.2, 0.25) is 0 Å². The molecule has 1 unspecified atom stereocenters. The van der Waals surface area contributed by atoms with Gasteiger partial charge in [-0.05, 0) is 41.0 Å². The lowest BCUT2D eigenvalue weighted by Crippen LogP contribution is -2.34. The summed E-state index contributed by atoms with van der Waals surface area (Å²) < 4.78 is 35.0. The molecule has 0 aliphatic heterocycles. The Hall–Kier alpha value is -1.24. The molecule has 1 aromatic rings. The minimum atomic E-state index is -3.77. The summed E-state index contributed by atoms with van der Waals surface area (Å²) in [6.07, 6.45) is 9.04. The Balaban J connectivity index is 2.79. The summed E-state index contributed by atoms with van der Waals surface area (Å²) >= 11 is 0. The first-order valence-corrected chi connectivity index (χ1v) is 13.2. The zero-order chi connectivity index (χ0) is 23.3. The molecule has 180 valence electrons. The van der Waals surface area contributed by atoms with E-state index in [1.54, 1.807) is 34.6 Å². The summed E-state index contributed by atoms with van der Waals surface area (Å²) in [5.74, 6) is 0.159. The van der Waals surface area contributed by atoms with Gasteiger partial charge in [0.05, 0.1) is 19.6 Å². The molecule has 0 saturated carbocycles. The first-order valence-electron chi connectivity index (χ1n) is 11.6. The number of ether oxygens (including phenoxy) is 1. The fourth-order valence-electron chi connectivity index (χ4n) is 3.15. The Morgan fingerprint density at radius 2 is 1.58 bits per heavy atom. The van der Waals surface area contributed by atoms with Gasteiger partial charge in [-0.25, -0.2) is 0 Å². The molecule has 0 amide bonds. The van der Waals surface area contributed by atoms with E-state index in [0.717, 1.165) is 12.8 Å². The van der Waals surface area contributed by atoms with Gasteiger partial charge >= 0.3 is 13.6 Å². The molecule has 1 rings (SSSR count). The molecule has 1 atom stereocenters. The highest BCUT2D eigenvalue weighted by Crippen LogP contribution is 2.54. The van der Waals surface area contributed by atoms with Crippen LogP contribution in [-0.4, -0.2) is 40.6 Å². The van der Waals surface area contributed by atoms with Crippen LogP contribution < -0.4 is 0 Å². The third kappa shape index (κ3) is 10.8. The van der Waals surface area contributed by atoms with Crippen molar-refractivity contribution in [3.8, 4) is 0 Å². The van der Waals surface area contributed by atoms with Crippen molar-refractivity contribution >= 4 is 13.6 Å². The number of unbranched alkanes of at least 4 members (excludes halogenated alkanes) is 6. The standard InChI is InChI=1S/C22H41N2O6P/c1-7-10-11-12-13-14-15-16-19-23-20(30-24-19)17-18(21(25)29-22(4,5)6)31(26,27-8-2)28-9-3/h18H,7-17H2,1-6H3. The van der Waals surface area contributed by atoms with Crippen LogP contribution in [-0.2, 0) is 36.0 Å². The molecule has 31 heavy (non-hydrogen) atoms. The van der Waals surface area contributed by atoms with E-state index in [-0.39, 0.29) is 25.5 Å². The monoisotopic (exact) mass is 460 g/mol. The second-order valence-corrected chi connectivity index (χ2v) is 10.8. The number of hydrogen-bond acceptors (Lipinski definition) is 8. The van der Waals surface area contributed by atoms with Gasteiger partial charge in [0.15, 0.2) is 11.5 Å². The highest BCUT2D eigenvalue weighted by atomic mass is 31.2. The van der Waals surface area contributed by atoms with Crippen molar-refractivity contribution in [3.05, 3.63) is 11.7 Å². The molecule has 8 nitrogen and oxygen atoms in total. The first-order chi connectivity index (χ1) is 14.6. The molecule has 1 heterocycles. The molecule has 0 bridgehead atoms. The Bertz CT molecular complexity index is 676. The molecule has 0 radical (unpaired) electrons. The van der Waals surface area contributed by atoms with Gasteiger partial charge in [-0.3, -0.25) is 9.36 Å². The van der Waals surface area contributed by atoms with Crippen LogP contribution >= 0.6 is 7.60 Å². The van der Waals surface area contributed by atoms with Crippen LogP contribution in [0.15, 0.2) is 4.52 Å². The molecule has 0 aromatic carbocycles. The number of carbonyl (C=O) groups is 1. The summed E-state index contributed by atoms with van der Waals surface area (Å²) in [4.78, 5) is 17.2.